The van der Waals surface area contributed by atoms with Gasteiger partial charge in [-0.1, -0.05) is 0 Å². The molecule has 0 spiro atoms. The molecule has 0 amide bonds. The maximum atomic E-state index is 5.36. The molecule has 2 rings (SSSR count). The molecule has 0 atom stereocenters. The molecule has 0 N–H and O–H groups in total. The minimum Gasteiger partial charge on any atom is -0.435 e. The summed E-state index contributed by atoms with van der Waals surface area (Å²) in [6.07, 6.45) is 1.78. The zero-order valence-corrected chi connectivity index (χ0v) is 9.83. The summed E-state index contributed by atoms with van der Waals surface area (Å²) in [6, 6.07) is 0. The van der Waals surface area contributed by atoms with Gasteiger partial charge in [0.05, 0.1) is 12.7 Å². The van der Waals surface area contributed by atoms with Crippen LogP contribution in [0.2, 0.25) is 0 Å². The molecule has 0 bridgehead atoms. The maximum absolute atomic E-state index is 5.36. The lowest BCUT2D eigenvalue weighted by molar-refractivity contribution is 0.140. The average molecular weight is 260 g/mol. The van der Waals surface area contributed by atoms with Gasteiger partial charge in [0.25, 0.3) is 4.80 Å². The molecule has 0 radical (unpaired) electrons. The smallest absolute Gasteiger partial charge is 0.264 e. The first-order valence-corrected chi connectivity index (χ1v) is 5.54. The van der Waals surface area contributed by atoms with Crippen LogP contribution in [0.25, 0.3) is 0 Å². The summed E-state index contributed by atoms with van der Waals surface area (Å²) < 4.78 is 5.36. The lowest BCUT2D eigenvalue weighted by Gasteiger charge is -2.31. The lowest BCUT2D eigenvalue weighted by Crippen LogP contribution is -2.43. The number of rotatable bonds is 2. The van der Waals surface area contributed by atoms with E-state index in [9.17, 15) is 0 Å². The highest BCUT2D eigenvalue weighted by molar-refractivity contribution is 9.10. The predicted octanol–water partition coefficient (Wildman–Crippen LogP) is 1.18. The molecule has 5 heteroatoms. The molecule has 0 aromatic carbocycles. The van der Waals surface area contributed by atoms with Crippen molar-refractivity contribution in [2.45, 2.75) is 6.54 Å². The van der Waals surface area contributed by atoms with Crippen molar-refractivity contribution in [3.05, 3.63) is 16.8 Å². The second-order valence-corrected chi connectivity index (χ2v) is 4.34. The topological polar surface area (TPSA) is 32.5 Å². The summed E-state index contributed by atoms with van der Waals surface area (Å²) in [6.45, 7) is 5.35. The van der Waals surface area contributed by atoms with E-state index in [1.54, 1.807) is 6.20 Å². The Bertz CT molecular complexity index is 294. The number of hydrogen-bond donors (Lipinski definition) is 0. The molecule has 1 aliphatic rings. The molecule has 1 aromatic heterocycles. The molecule has 1 saturated heterocycles. The Balaban J connectivity index is 1.86. The molecule has 0 saturated carbocycles. The van der Waals surface area contributed by atoms with Crippen LogP contribution in [-0.2, 0) is 6.54 Å². The monoisotopic (exact) mass is 259 g/mol. The van der Waals surface area contributed by atoms with Crippen LogP contribution < -0.4 is 0 Å². The summed E-state index contributed by atoms with van der Waals surface area (Å²) in [5.41, 5.74) is 0. The van der Waals surface area contributed by atoms with E-state index < -0.39 is 0 Å². The third-order valence-corrected chi connectivity index (χ3v) is 2.87. The van der Waals surface area contributed by atoms with Crippen LogP contribution in [0.15, 0.2) is 15.4 Å². The second-order valence-electron chi connectivity index (χ2n) is 3.66. The van der Waals surface area contributed by atoms with E-state index >= 15 is 0 Å². The fourth-order valence-corrected chi connectivity index (χ4v) is 1.89. The fraction of sp³-hybridized carbons (Fsp3) is 0.667. The molecule has 1 aliphatic heterocycles. The van der Waals surface area contributed by atoms with Crippen LogP contribution in [-0.4, -0.2) is 48.0 Å². The normalized spacial score (nSPS) is 20.1. The van der Waals surface area contributed by atoms with Crippen LogP contribution >= 0.6 is 15.9 Å². The SMILES string of the molecule is CN1CCN(Cc2cnc(Br)o2)CC1. The van der Waals surface area contributed by atoms with Crippen molar-refractivity contribution in [3.63, 3.8) is 0 Å². The van der Waals surface area contributed by atoms with Crippen LogP contribution in [0.5, 0.6) is 0 Å². The first-order chi connectivity index (χ1) is 6.74. The quantitative estimate of drug-likeness (QED) is 0.799. The van der Waals surface area contributed by atoms with Gasteiger partial charge in [0.2, 0.25) is 0 Å². The summed E-state index contributed by atoms with van der Waals surface area (Å²) in [5.74, 6) is 0.932. The molecular formula is C9H14BrN3O. The highest BCUT2D eigenvalue weighted by Gasteiger charge is 2.15. The Hall–Kier alpha value is -0.390. The number of oxazole rings is 1. The Morgan fingerprint density at radius 2 is 2.14 bits per heavy atom. The molecule has 14 heavy (non-hydrogen) atoms. The highest BCUT2D eigenvalue weighted by atomic mass is 79.9. The van der Waals surface area contributed by atoms with Gasteiger partial charge in [-0.25, -0.2) is 4.98 Å². The zero-order valence-electron chi connectivity index (χ0n) is 8.24. The third-order valence-electron chi connectivity index (χ3n) is 2.50. The second kappa shape index (κ2) is 4.42. The van der Waals surface area contributed by atoms with E-state index in [1.165, 1.54) is 0 Å². The van der Waals surface area contributed by atoms with Crippen molar-refractivity contribution < 1.29 is 4.42 Å². The van der Waals surface area contributed by atoms with E-state index in [4.69, 9.17) is 4.42 Å². The number of likely N-dealkylation sites (N-methyl/N-ethyl adjacent to an activating group) is 1. The Morgan fingerprint density at radius 3 is 2.71 bits per heavy atom. The standard InChI is InChI=1S/C9H14BrN3O/c1-12-2-4-13(5-3-12)7-8-6-11-9(10)14-8/h6H,2-5,7H2,1H3. The van der Waals surface area contributed by atoms with Gasteiger partial charge in [0.1, 0.15) is 5.76 Å². The van der Waals surface area contributed by atoms with Gasteiger partial charge in [0, 0.05) is 42.1 Å². The number of halogens is 1. The van der Waals surface area contributed by atoms with Gasteiger partial charge in [-0.3, -0.25) is 4.90 Å². The fourth-order valence-electron chi connectivity index (χ4n) is 1.58. The first kappa shape index (κ1) is 10.1. The number of piperazine rings is 1. The molecular weight excluding hydrogens is 246 g/mol. The molecule has 0 unspecified atom stereocenters. The van der Waals surface area contributed by atoms with Crippen molar-refractivity contribution in [3.8, 4) is 0 Å². The Kier molecular flexibility index (Phi) is 3.20. The summed E-state index contributed by atoms with van der Waals surface area (Å²) in [7, 11) is 2.16. The van der Waals surface area contributed by atoms with Gasteiger partial charge in [-0.15, -0.1) is 0 Å². The van der Waals surface area contributed by atoms with Crippen molar-refractivity contribution in [2.24, 2.45) is 0 Å². The molecule has 78 valence electrons. The third kappa shape index (κ3) is 2.56. The Morgan fingerprint density at radius 1 is 1.43 bits per heavy atom. The molecule has 1 fully saturated rings. The minimum absolute atomic E-state index is 0.571. The zero-order chi connectivity index (χ0) is 9.97. The van der Waals surface area contributed by atoms with Crippen molar-refractivity contribution in [2.75, 3.05) is 33.2 Å². The van der Waals surface area contributed by atoms with Crippen LogP contribution in [0.3, 0.4) is 0 Å². The number of nitrogens with zero attached hydrogens (tertiary/aromatic N) is 3. The first-order valence-electron chi connectivity index (χ1n) is 4.75. The van der Waals surface area contributed by atoms with Crippen molar-refractivity contribution in [1.29, 1.82) is 0 Å². The van der Waals surface area contributed by atoms with Crippen molar-refractivity contribution in [1.82, 2.24) is 14.8 Å². The van der Waals surface area contributed by atoms with E-state index in [2.05, 4.69) is 37.8 Å². The van der Waals surface area contributed by atoms with Gasteiger partial charge in [-0.2, -0.15) is 0 Å². The van der Waals surface area contributed by atoms with Crippen LogP contribution in [0, 0.1) is 0 Å². The number of aromatic nitrogens is 1. The molecule has 2 heterocycles. The summed E-state index contributed by atoms with van der Waals surface area (Å²) >= 11 is 3.20. The van der Waals surface area contributed by atoms with Crippen molar-refractivity contribution >= 4 is 15.9 Å². The van der Waals surface area contributed by atoms with E-state index in [-0.39, 0.29) is 0 Å². The minimum atomic E-state index is 0.571. The van der Waals surface area contributed by atoms with E-state index in [0.29, 0.717) is 4.80 Å². The highest BCUT2D eigenvalue weighted by Crippen LogP contribution is 2.12. The van der Waals surface area contributed by atoms with Gasteiger partial charge >= 0.3 is 0 Å². The van der Waals surface area contributed by atoms with Gasteiger partial charge in [-0.05, 0) is 7.05 Å². The molecule has 0 aliphatic carbocycles. The Labute approximate surface area is 92.0 Å². The number of hydrogen-bond acceptors (Lipinski definition) is 4. The van der Waals surface area contributed by atoms with Crippen LogP contribution in [0.4, 0.5) is 0 Å². The average Bonchev–Trinajstić information content (AvgIpc) is 2.56. The largest absolute Gasteiger partial charge is 0.435 e. The van der Waals surface area contributed by atoms with E-state index in [0.717, 1.165) is 38.5 Å². The van der Waals surface area contributed by atoms with E-state index in [1.807, 2.05) is 0 Å². The summed E-state index contributed by atoms with van der Waals surface area (Å²) in [4.78, 5) is 9.30. The summed E-state index contributed by atoms with van der Waals surface area (Å²) in [5, 5.41) is 0. The predicted molar refractivity (Wildman–Crippen MR) is 57.0 cm³/mol. The van der Waals surface area contributed by atoms with Gasteiger partial charge < -0.3 is 9.32 Å². The van der Waals surface area contributed by atoms with Gasteiger partial charge in [0.15, 0.2) is 0 Å². The van der Waals surface area contributed by atoms with Crippen LogP contribution in [0.1, 0.15) is 5.76 Å². The molecule has 1 aromatic rings. The maximum Gasteiger partial charge on any atom is 0.264 e. The lowest BCUT2D eigenvalue weighted by atomic mass is 10.3. The molecule has 4 nitrogen and oxygen atoms in total.